The zero-order valence-corrected chi connectivity index (χ0v) is 12.9. The first-order valence-electron chi connectivity index (χ1n) is 0. The van der Waals surface area contributed by atoms with E-state index < -0.39 is 0 Å². The van der Waals surface area contributed by atoms with Gasteiger partial charge in [0.25, 0.3) is 0 Å². The Morgan fingerprint density at radius 1 is 0.625 bits per heavy atom. The van der Waals surface area contributed by atoms with Crippen molar-refractivity contribution in [1.29, 1.82) is 0 Å². The van der Waals surface area contributed by atoms with Crippen LogP contribution in [-0.4, -0.2) is 33.2 Å². The van der Waals surface area contributed by atoms with Crippen LogP contribution in [0.5, 0.6) is 0 Å². The number of rotatable bonds is 0. The van der Waals surface area contributed by atoms with Crippen LogP contribution in [0.25, 0.3) is 0 Å². The van der Waals surface area contributed by atoms with Gasteiger partial charge in [-0.3, -0.25) is 0 Å². The zero-order chi connectivity index (χ0) is 0. The molecule has 0 fully saturated rings. The topological polar surface area (TPSA) is 114 Å². The molecule has 0 rings (SSSR count). The molecule has 8 heavy (non-hydrogen) atoms. The van der Waals surface area contributed by atoms with Crippen LogP contribution in [0.15, 0.2) is 0 Å². The minimum Gasteiger partial charge on any atom is -2.00 e. The Balaban J connectivity index is 0. The Kier molecular flexibility index (Phi) is 2490. The van der Waals surface area contributed by atoms with Crippen LogP contribution in [0, 0.1) is 0 Å². The van der Waals surface area contributed by atoms with Crippen molar-refractivity contribution in [3.63, 3.8) is 0 Å². The molecule has 0 bridgehead atoms. The van der Waals surface area contributed by atoms with Crippen LogP contribution in [0.1, 0.15) is 0 Å². The third kappa shape index (κ3) is 82.8. The number of hydrogen-bond acceptors (Lipinski definition) is 0. The first-order valence-corrected chi connectivity index (χ1v) is 0. The largest absolute Gasteiger partial charge is 2.00 e. The SMILES string of the molecule is [Be+2].[Cd+2].[Mg+2].[O-2].[O-2].[O-2].[O-2].[Zn+2]. The summed E-state index contributed by atoms with van der Waals surface area (Å²) in [4.78, 5) is 0. The molecule has 8 heteroatoms. The van der Waals surface area contributed by atoms with Crippen LogP contribution >= 0.6 is 0 Å². The minimum atomic E-state index is 0. The van der Waals surface area contributed by atoms with Crippen molar-refractivity contribution in [3.05, 3.63) is 0 Å². The third-order valence-electron chi connectivity index (χ3n) is 0. The summed E-state index contributed by atoms with van der Waals surface area (Å²) >= 11 is 0. The fourth-order valence-corrected chi connectivity index (χ4v) is 0. The second-order valence-electron chi connectivity index (χ2n) is 0. The first-order chi connectivity index (χ1) is 0. The van der Waals surface area contributed by atoms with E-state index in [1.165, 1.54) is 0 Å². The minimum absolute atomic E-state index is 0. The maximum absolute atomic E-state index is 0. The van der Waals surface area contributed by atoms with Gasteiger partial charge in [0, 0.05) is 0 Å². The molecule has 0 saturated heterocycles. The van der Waals surface area contributed by atoms with Gasteiger partial charge < -0.3 is 21.9 Å². The Bertz CT molecular complexity index is 16.0. The van der Waals surface area contributed by atoms with Gasteiger partial charge in [-0.1, -0.05) is 0 Å². The maximum atomic E-state index is 0. The Hall–Kier alpha value is 2.32. The molecule has 0 radical (unpaired) electrons. The molecular weight excluding hydrogens is 275 g/mol. The molecule has 0 aromatic carbocycles. The van der Waals surface area contributed by atoms with Crippen molar-refractivity contribution >= 4 is 33.2 Å². The Morgan fingerprint density at radius 3 is 0.625 bits per heavy atom. The van der Waals surface area contributed by atoms with Crippen LogP contribution in [0.3, 0.4) is 0 Å². The Morgan fingerprint density at radius 2 is 0.625 bits per heavy atom. The van der Waals surface area contributed by atoms with Gasteiger partial charge in [0.15, 0.2) is 0 Å². The van der Waals surface area contributed by atoms with E-state index in [0.29, 0.717) is 0 Å². The van der Waals surface area contributed by atoms with Gasteiger partial charge in [-0.25, -0.2) is 0 Å². The standard InChI is InChI=1S/Be.Cd.Mg.4O.Zn/q3*+2;4*-2;+2. The first kappa shape index (κ1) is 166. The van der Waals surface area contributed by atoms with Gasteiger partial charge in [-0.2, -0.15) is 0 Å². The van der Waals surface area contributed by atoms with E-state index in [4.69, 9.17) is 0 Å². The molecule has 0 aliphatic rings. The van der Waals surface area contributed by atoms with E-state index in [1.54, 1.807) is 0 Å². The van der Waals surface area contributed by atoms with E-state index in [-0.39, 0.29) is 102 Å². The molecular formula is BeCdMgO4Zn. The second kappa shape index (κ2) is 120. The van der Waals surface area contributed by atoms with Crippen LogP contribution in [-0.2, 0) is 68.7 Å². The second-order valence-corrected chi connectivity index (χ2v) is 0. The molecule has 0 aliphatic carbocycles. The molecule has 0 N–H and O–H groups in total. The summed E-state index contributed by atoms with van der Waals surface area (Å²) in [6.45, 7) is 0. The normalized spacial score (nSPS) is 0. The summed E-state index contributed by atoms with van der Waals surface area (Å²) in [5.41, 5.74) is 0. The molecule has 0 aromatic rings. The molecule has 0 aromatic heterocycles. The van der Waals surface area contributed by atoms with Crippen molar-refractivity contribution in [2.24, 2.45) is 0 Å². The molecule has 0 heterocycles. The van der Waals surface area contributed by atoms with Gasteiger partial charge in [0.2, 0.25) is 0 Å². The van der Waals surface area contributed by atoms with Crippen molar-refractivity contribution in [3.8, 4) is 0 Å². The monoisotopic (exact) mass is 275 g/mol. The van der Waals surface area contributed by atoms with E-state index in [0.717, 1.165) is 0 Å². The Labute approximate surface area is 101 Å². The molecule has 4 nitrogen and oxygen atoms in total. The van der Waals surface area contributed by atoms with Gasteiger partial charge in [-0.15, -0.1) is 0 Å². The fraction of sp³-hybridized carbons (Fsp3) is 0. The molecule has 32 valence electrons. The summed E-state index contributed by atoms with van der Waals surface area (Å²) in [5.74, 6) is 0. The summed E-state index contributed by atoms with van der Waals surface area (Å²) < 4.78 is 0. The van der Waals surface area contributed by atoms with Gasteiger partial charge in [0.05, 0.1) is 0 Å². The molecule has 0 saturated carbocycles. The van der Waals surface area contributed by atoms with Crippen LogP contribution in [0.4, 0.5) is 0 Å². The molecule has 0 spiro atoms. The van der Waals surface area contributed by atoms with E-state index >= 15 is 0 Å². The number of hydrogen-bond donors (Lipinski definition) is 0. The smallest absolute Gasteiger partial charge is 2.00 e. The summed E-state index contributed by atoms with van der Waals surface area (Å²) in [5, 5.41) is 0. The fourth-order valence-electron chi connectivity index (χ4n) is 0. The van der Waals surface area contributed by atoms with Crippen LogP contribution in [0.2, 0.25) is 0 Å². The maximum Gasteiger partial charge on any atom is 2.00 e. The zero-order valence-electron chi connectivity index (χ0n) is 4.46. The average molecular weight is 275 g/mol. The third-order valence-corrected chi connectivity index (χ3v) is 0. The molecule has 0 unspecified atom stereocenters. The van der Waals surface area contributed by atoms with Crippen molar-refractivity contribution < 1.29 is 68.7 Å². The van der Waals surface area contributed by atoms with Gasteiger partial charge in [0.1, 0.15) is 0 Å². The summed E-state index contributed by atoms with van der Waals surface area (Å²) in [6.07, 6.45) is 0. The summed E-state index contributed by atoms with van der Waals surface area (Å²) in [6, 6.07) is 0. The van der Waals surface area contributed by atoms with E-state index in [1.807, 2.05) is 0 Å². The van der Waals surface area contributed by atoms with Gasteiger partial charge >= 0.3 is 80.0 Å². The molecule has 0 amide bonds. The van der Waals surface area contributed by atoms with Crippen molar-refractivity contribution in [1.82, 2.24) is 0 Å². The molecule has 0 aliphatic heterocycles. The molecule has 0 atom stereocenters. The van der Waals surface area contributed by atoms with E-state index in [2.05, 4.69) is 0 Å². The van der Waals surface area contributed by atoms with Gasteiger partial charge in [-0.05, 0) is 0 Å². The van der Waals surface area contributed by atoms with E-state index in [9.17, 15) is 0 Å². The van der Waals surface area contributed by atoms with Crippen molar-refractivity contribution in [2.75, 3.05) is 0 Å². The van der Waals surface area contributed by atoms with Crippen molar-refractivity contribution in [2.45, 2.75) is 0 Å². The predicted molar refractivity (Wildman–Crippen MR) is 14.3 cm³/mol. The quantitative estimate of drug-likeness (QED) is 0.492. The predicted octanol–water partition coefficient (Wildman–Crippen LogP) is -1.24. The summed E-state index contributed by atoms with van der Waals surface area (Å²) in [7, 11) is 0. The average Bonchev–Trinajstić information content (AvgIpc) is 0. The van der Waals surface area contributed by atoms with Crippen LogP contribution < -0.4 is 0 Å².